The second kappa shape index (κ2) is 4.73. The van der Waals surface area contributed by atoms with Gasteiger partial charge in [0, 0.05) is 25.7 Å². The zero-order valence-corrected chi connectivity index (χ0v) is 11.1. The molecule has 16 heavy (non-hydrogen) atoms. The van der Waals surface area contributed by atoms with Gasteiger partial charge in [0.15, 0.2) is 0 Å². The van der Waals surface area contributed by atoms with E-state index in [1.807, 2.05) is 13.8 Å². The van der Waals surface area contributed by atoms with Gasteiger partial charge in [0.25, 0.3) is 0 Å². The number of hydrogen-bond acceptors (Lipinski definition) is 3. The summed E-state index contributed by atoms with van der Waals surface area (Å²) in [6.45, 7) is 4.09. The number of rotatable bonds is 5. The number of halogens is 1. The lowest BCUT2D eigenvalue weighted by molar-refractivity contribution is 0.414. The quantitative estimate of drug-likeness (QED) is 0.807. The monoisotopic (exact) mass is 265 g/mol. The summed E-state index contributed by atoms with van der Waals surface area (Å²) in [5, 5.41) is 3.82. The summed E-state index contributed by atoms with van der Waals surface area (Å²) in [5.74, 6) is 0.391. The molecule has 0 unspecified atom stereocenters. The molecule has 0 aromatic carbocycles. The van der Waals surface area contributed by atoms with Crippen LogP contribution in [0.4, 0.5) is 0 Å². The van der Waals surface area contributed by atoms with Gasteiger partial charge >= 0.3 is 0 Å². The fourth-order valence-corrected chi connectivity index (χ4v) is 2.28. The fourth-order valence-electron chi connectivity index (χ4n) is 0.959. The molecule has 0 aliphatic heterocycles. The number of aryl methyl sites for hydroxylation is 1. The average molecular weight is 266 g/mol. The van der Waals surface area contributed by atoms with E-state index in [1.165, 1.54) is 17.1 Å². The number of hydrogen-bond donors (Lipinski definition) is 1. The Labute approximate surface area is 101 Å². The smallest absolute Gasteiger partial charge is 0.243 e. The van der Waals surface area contributed by atoms with E-state index in [2.05, 4.69) is 9.82 Å². The molecule has 1 heterocycles. The van der Waals surface area contributed by atoms with Gasteiger partial charge in [-0.1, -0.05) is 13.8 Å². The molecule has 0 amide bonds. The first-order valence-corrected chi connectivity index (χ1v) is 6.83. The first-order valence-electron chi connectivity index (χ1n) is 4.81. The maximum atomic E-state index is 11.8. The molecular formula is C9H16ClN3O2S. The van der Waals surface area contributed by atoms with Crippen LogP contribution in [0.5, 0.6) is 0 Å². The van der Waals surface area contributed by atoms with Crippen LogP contribution in [0.25, 0.3) is 0 Å². The van der Waals surface area contributed by atoms with Crippen molar-refractivity contribution in [3.63, 3.8) is 0 Å². The van der Waals surface area contributed by atoms with E-state index in [4.69, 9.17) is 11.6 Å². The van der Waals surface area contributed by atoms with Crippen LogP contribution in [0, 0.1) is 5.41 Å². The Hall–Kier alpha value is -0.590. The number of aromatic nitrogens is 2. The van der Waals surface area contributed by atoms with E-state index in [9.17, 15) is 8.42 Å². The summed E-state index contributed by atoms with van der Waals surface area (Å²) < 4.78 is 27.6. The molecule has 1 aromatic rings. The van der Waals surface area contributed by atoms with Gasteiger partial charge in [-0.25, -0.2) is 13.1 Å². The van der Waals surface area contributed by atoms with Gasteiger partial charge in [0.05, 0.1) is 6.20 Å². The highest BCUT2D eigenvalue weighted by molar-refractivity contribution is 7.89. The predicted molar refractivity (Wildman–Crippen MR) is 62.9 cm³/mol. The molecule has 0 aliphatic carbocycles. The second-order valence-corrected chi connectivity index (χ2v) is 6.51. The normalized spacial score (nSPS) is 13.0. The second-order valence-electron chi connectivity index (χ2n) is 4.47. The van der Waals surface area contributed by atoms with Crippen LogP contribution in [-0.2, 0) is 17.1 Å². The molecule has 0 saturated carbocycles. The third-order valence-corrected chi connectivity index (χ3v) is 4.17. The molecule has 1 aromatic heterocycles. The molecule has 5 nitrogen and oxygen atoms in total. The van der Waals surface area contributed by atoms with Crippen LogP contribution >= 0.6 is 11.6 Å². The standard InChI is InChI=1S/C9H16ClN3O2S/c1-9(2,6-10)7-12-16(14,15)8-4-11-13(3)5-8/h4-5,12H,6-7H2,1-3H3. The number of nitrogens with one attached hydrogen (secondary N) is 1. The lowest BCUT2D eigenvalue weighted by atomic mass is 9.97. The lowest BCUT2D eigenvalue weighted by Gasteiger charge is -2.21. The molecule has 0 bridgehead atoms. The van der Waals surface area contributed by atoms with Crippen LogP contribution in [0.2, 0.25) is 0 Å². The molecule has 0 saturated heterocycles. The van der Waals surface area contributed by atoms with Crippen molar-refractivity contribution in [1.29, 1.82) is 0 Å². The SMILES string of the molecule is Cn1cc(S(=O)(=O)NCC(C)(C)CCl)cn1. The number of sulfonamides is 1. The van der Waals surface area contributed by atoms with Gasteiger partial charge in [-0.2, -0.15) is 5.10 Å². The minimum Gasteiger partial charge on any atom is -0.274 e. The lowest BCUT2D eigenvalue weighted by Crippen LogP contribution is -2.34. The Morgan fingerprint density at radius 2 is 2.19 bits per heavy atom. The van der Waals surface area contributed by atoms with Crippen LogP contribution in [0.3, 0.4) is 0 Å². The molecule has 7 heteroatoms. The zero-order chi connectivity index (χ0) is 12.4. The average Bonchev–Trinajstić information content (AvgIpc) is 2.63. The fraction of sp³-hybridized carbons (Fsp3) is 0.667. The van der Waals surface area contributed by atoms with Crippen molar-refractivity contribution >= 4 is 21.6 Å². The summed E-state index contributed by atoms with van der Waals surface area (Å²) in [7, 11) is -1.81. The first-order chi connectivity index (χ1) is 7.27. The summed E-state index contributed by atoms with van der Waals surface area (Å²) in [5.41, 5.74) is -0.267. The van der Waals surface area contributed by atoms with E-state index < -0.39 is 10.0 Å². The molecule has 0 atom stereocenters. The number of nitrogens with zero attached hydrogens (tertiary/aromatic N) is 2. The van der Waals surface area contributed by atoms with Crippen molar-refractivity contribution in [3.8, 4) is 0 Å². The molecule has 1 N–H and O–H groups in total. The van der Waals surface area contributed by atoms with Crippen molar-refractivity contribution in [2.24, 2.45) is 12.5 Å². The highest BCUT2D eigenvalue weighted by Crippen LogP contribution is 2.16. The van der Waals surface area contributed by atoms with Crippen molar-refractivity contribution < 1.29 is 8.42 Å². The van der Waals surface area contributed by atoms with Crippen LogP contribution < -0.4 is 4.72 Å². The molecule has 0 fully saturated rings. The predicted octanol–water partition coefficient (Wildman–Crippen LogP) is 0.963. The van der Waals surface area contributed by atoms with Crippen LogP contribution in [0.1, 0.15) is 13.8 Å². The highest BCUT2D eigenvalue weighted by Gasteiger charge is 2.22. The Bertz CT molecular complexity index is 453. The summed E-state index contributed by atoms with van der Waals surface area (Å²) >= 11 is 5.72. The topological polar surface area (TPSA) is 64.0 Å². The van der Waals surface area contributed by atoms with Crippen LogP contribution in [-0.4, -0.2) is 30.6 Å². The van der Waals surface area contributed by atoms with E-state index in [-0.39, 0.29) is 10.3 Å². The van der Waals surface area contributed by atoms with Gasteiger partial charge in [-0.3, -0.25) is 4.68 Å². The summed E-state index contributed by atoms with van der Waals surface area (Å²) in [6, 6.07) is 0. The van der Waals surface area contributed by atoms with Crippen molar-refractivity contribution in [1.82, 2.24) is 14.5 Å². The Morgan fingerprint density at radius 3 is 2.62 bits per heavy atom. The van der Waals surface area contributed by atoms with Gasteiger partial charge in [-0.05, 0) is 5.41 Å². The van der Waals surface area contributed by atoms with Gasteiger partial charge in [0.2, 0.25) is 10.0 Å². The zero-order valence-electron chi connectivity index (χ0n) is 9.57. The number of alkyl halides is 1. The van der Waals surface area contributed by atoms with Gasteiger partial charge in [0.1, 0.15) is 4.90 Å². The van der Waals surface area contributed by atoms with E-state index in [1.54, 1.807) is 7.05 Å². The van der Waals surface area contributed by atoms with Gasteiger partial charge in [-0.15, -0.1) is 11.6 Å². The molecule has 1 rings (SSSR count). The molecule has 0 radical (unpaired) electrons. The van der Waals surface area contributed by atoms with Crippen molar-refractivity contribution in [3.05, 3.63) is 12.4 Å². The van der Waals surface area contributed by atoms with E-state index >= 15 is 0 Å². The molecule has 0 aliphatic rings. The Morgan fingerprint density at radius 1 is 1.56 bits per heavy atom. The Kier molecular flexibility index (Phi) is 3.98. The minimum atomic E-state index is -3.47. The largest absolute Gasteiger partial charge is 0.274 e. The molecular weight excluding hydrogens is 250 g/mol. The van der Waals surface area contributed by atoms with E-state index in [0.29, 0.717) is 12.4 Å². The van der Waals surface area contributed by atoms with E-state index in [0.717, 1.165) is 0 Å². The summed E-state index contributed by atoms with van der Waals surface area (Å²) in [6.07, 6.45) is 2.77. The van der Waals surface area contributed by atoms with Gasteiger partial charge < -0.3 is 0 Å². The van der Waals surface area contributed by atoms with Crippen LogP contribution in [0.15, 0.2) is 17.3 Å². The third kappa shape index (κ3) is 3.47. The van der Waals surface area contributed by atoms with Crippen molar-refractivity contribution in [2.45, 2.75) is 18.7 Å². The van der Waals surface area contributed by atoms with Crippen molar-refractivity contribution in [2.75, 3.05) is 12.4 Å². The molecule has 0 spiro atoms. The maximum Gasteiger partial charge on any atom is 0.243 e. The highest BCUT2D eigenvalue weighted by atomic mass is 35.5. The summed E-state index contributed by atoms with van der Waals surface area (Å²) in [4.78, 5) is 0.167. The third-order valence-electron chi connectivity index (χ3n) is 2.09. The maximum absolute atomic E-state index is 11.8. The molecule has 92 valence electrons. The Balaban J connectivity index is 2.74. The first kappa shape index (κ1) is 13.5. The minimum absolute atomic E-state index is 0.167.